The number of benzene rings is 1. The van der Waals surface area contributed by atoms with E-state index in [0.29, 0.717) is 5.57 Å². The molecule has 0 atom stereocenters. The number of rotatable bonds is 4. The molecule has 1 aromatic rings. The highest BCUT2D eigenvalue weighted by Crippen LogP contribution is 2.31. The second-order valence-electron chi connectivity index (χ2n) is 6.43. The number of hydrogen-bond donors (Lipinski definition) is 0. The summed E-state index contributed by atoms with van der Waals surface area (Å²) in [5, 5.41) is 0. The maximum Gasteiger partial charge on any atom is 0.208 e. The van der Waals surface area contributed by atoms with Crippen molar-refractivity contribution in [2.45, 2.75) is 39.5 Å². The Balaban J connectivity index is 3.23. The molecule has 0 fully saturated rings. The second-order valence-corrected chi connectivity index (χ2v) is 9.32. The third-order valence-corrected chi connectivity index (χ3v) is 6.04. The molecule has 23 heavy (non-hydrogen) atoms. The van der Waals surface area contributed by atoms with Gasteiger partial charge in [-0.25, -0.2) is 12.8 Å². The molecule has 0 aliphatic carbocycles. The molecule has 0 aliphatic rings. The average molecular weight is 401 g/mol. The summed E-state index contributed by atoms with van der Waals surface area (Å²) in [5.41, 5.74) is 1.57. The highest BCUT2D eigenvalue weighted by molar-refractivity contribution is 9.10. The van der Waals surface area contributed by atoms with Crippen LogP contribution in [0.2, 0.25) is 0 Å². The quantitative estimate of drug-likeness (QED) is 0.583. The lowest BCUT2D eigenvalue weighted by atomic mass is 9.84. The zero-order valence-electron chi connectivity index (χ0n) is 14.1. The minimum atomic E-state index is -3.94. The van der Waals surface area contributed by atoms with Crippen LogP contribution in [-0.4, -0.2) is 8.42 Å². The summed E-state index contributed by atoms with van der Waals surface area (Å²) in [6, 6.07) is 6.02. The number of hydrogen-bond acceptors (Lipinski definition) is 2. The first kappa shape index (κ1) is 19.8. The number of sulfone groups is 1. The molecule has 0 heterocycles. The van der Waals surface area contributed by atoms with E-state index in [4.69, 9.17) is 0 Å². The highest BCUT2D eigenvalue weighted by Gasteiger charge is 2.23. The maximum absolute atomic E-state index is 14.4. The molecule has 5 heteroatoms. The zero-order valence-corrected chi connectivity index (χ0v) is 16.5. The first-order valence-corrected chi connectivity index (χ1v) is 9.40. The fraction of sp³-hybridized carbons (Fsp3) is 0.333. The van der Waals surface area contributed by atoms with Gasteiger partial charge in [0, 0.05) is 4.47 Å². The Morgan fingerprint density at radius 3 is 2.09 bits per heavy atom. The molecule has 2 nitrogen and oxygen atoms in total. The molecule has 0 saturated carbocycles. The monoisotopic (exact) mass is 400 g/mol. The van der Waals surface area contributed by atoms with E-state index in [-0.39, 0.29) is 10.3 Å². The Kier molecular flexibility index (Phi) is 6.16. The summed E-state index contributed by atoms with van der Waals surface area (Å²) in [4.78, 5) is -0.510. The third kappa shape index (κ3) is 4.88. The van der Waals surface area contributed by atoms with Crippen LogP contribution in [0.25, 0.3) is 0 Å². The van der Waals surface area contributed by atoms with Crippen LogP contribution in [0.5, 0.6) is 0 Å². The van der Waals surface area contributed by atoms with Gasteiger partial charge in [-0.15, -0.1) is 0 Å². The van der Waals surface area contributed by atoms with E-state index in [9.17, 15) is 12.8 Å². The first-order chi connectivity index (χ1) is 10.4. The molecule has 0 unspecified atom stereocenters. The van der Waals surface area contributed by atoms with Gasteiger partial charge >= 0.3 is 0 Å². The second kappa shape index (κ2) is 7.14. The van der Waals surface area contributed by atoms with Crippen molar-refractivity contribution in [1.82, 2.24) is 0 Å². The van der Waals surface area contributed by atoms with Crippen LogP contribution < -0.4 is 0 Å². The van der Waals surface area contributed by atoms with Gasteiger partial charge in [-0.1, -0.05) is 48.9 Å². The molecule has 0 saturated heterocycles. The molecule has 0 spiro atoms. The van der Waals surface area contributed by atoms with Crippen molar-refractivity contribution in [3.8, 4) is 0 Å². The molecule has 0 aliphatic heterocycles. The van der Waals surface area contributed by atoms with E-state index in [1.165, 1.54) is 18.2 Å². The molecule has 1 rings (SSSR count). The van der Waals surface area contributed by atoms with Crippen molar-refractivity contribution in [1.29, 1.82) is 0 Å². The van der Waals surface area contributed by atoms with Crippen LogP contribution >= 0.6 is 15.9 Å². The Hall–Kier alpha value is -1.20. The summed E-state index contributed by atoms with van der Waals surface area (Å²) in [7, 11) is -3.94. The fourth-order valence-electron chi connectivity index (χ4n) is 1.85. The summed E-state index contributed by atoms with van der Waals surface area (Å²) in [6.07, 6.45) is 1.24. The predicted octanol–water partition coefficient (Wildman–Crippen LogP) is 5.97. The molecule has 0 bridgehead atoms. The smallest absolute Gasteiger partial charge is 0.208 e. The lowest BCUT2D eigenvalue weighted by molar-refractivity contribution is 0.499. The Morgan fingerprint density at radius 1 is 1.17 bits per heavy atom. The highest BCUT2D eigenvalue weighted by atomic mass is 79.9. The summed E-state index contributed by atoms with van der Waals surface area (Å²) in [5.74, 6) is -0.839. The van der Waals surface area contributed by atoms with Gasteiger partial charge in [-0.05, 0) is 55.2 Å². The van der Waals surface area contributed by atoms with Gasteiger partial charge in [0.25, 0.3) is 0 Å². The minimum Gasteiger partial charge on any atom is -0.218 e. The van der Waals surface area contributed by atoms with E-state index < -0.39 is 20.6 Å². The Labute approximate surface area is 146 Å². The van der Waals surface area contributed by atoms with Crippen molar-refractivity contribution < 1.29 is 12.8 Å². The van der Waals surface area contributed by atoms with Crippen LogP contribution in [-0.2, 0) is 9.84 Å². The number of allylic oxidation sites excluding steroid dienone is 4. The van der Waals surface area contributed by atoms with Crippen LogP contribution in [0.4, 0.5) is 4.39 Å². The van der Waals surface area contributed by atoms with Crippen LogP contribution in [0.15, 0.2) is 68.2 Å². The predicted molar refractivity (Wildman–Crippen MR) is 97.5 cm³/mol. The van der Waals surface area contributed by atoms with Crippen LogP contribution in [0, 0.1) is 5.41 Å². The van der Waals surface area contributed by atoms with Gasteiger partial charge in [0.2, 0.25) is 9.84 Å². The first-order valence-electron chi connectivity index (χ1n) is 7.12. The van der Waals surface area contributed by atoms with E-state index >= 15 is 0 Å². The van der Waals surface area contributed by atoms with E-state index in [1.54, 1.807) is 19.1 Å². The van der Waals surface area contributed by atoms with E-state index in [0.717, 1.165) is 10.0 Å². The van der Waals surface area contributed by atoms with Crippen LogP contribution in [0.3, 0.4) is 0 Å². The molecule has 0 radical (unpaired) electrons. The lowest BCUT2D eigenvalue weighted by Crippen LogP contribution is -2.08. The minimum absolute atomic E-state index is 0.0171. The van der Waals surface area contributed by atoms with E-state index in [1.807, 2.05) is 27.7 Å². The Morgan fingerprint density at radius 2 is 1.65 bits per heavy atom. The van der Waals surface area contributed by atoms with Crippen molar-refractivity contribution in [3.63, 3.8) is 0 Å². The van der Waals surface area contributed by atoms with Crippen LogP contribution in [0.1, 0.15) is 34.6 Å². The Bertz CT molecular complexity index is 764. The molecule has 0 amide bonds. The molecular formula is C18H22BrFO2S. The van der Waals surface area contributed by atoms with Crippen molar-refractivity contribution in [2.75, 3.05) is 0 Å². The van der Waals surface area contributed by atoms with Gasteiger partial charge < -0.3 is 0 Å². The number of halogens is 2. The van der Waals surface area contributed by atoms with Gasteiger partial charge in [0.15, 0.2) is 0 Å². The standard InChI is InChI=1S/C18H22BrFO2S/c1-12(13(2)18(4,5)6)11-17(20)14(3)23(21,22)16-9-7-15(19)8-10-16/h7-11H,3H2,1-2,4-6H3/b13-12+,17-11+. The third-order valence-electron chi connectivity index (χ3n) is 3.77. The molecule has 126 valence electrons. The summed E-state index contributed by atoms with van der Waals surface area (Å²) < 4.78 is 40.0. The van der Waals surface area contributed by atoms with Gasteiger partial charge in [0.05, 0.1) is 4.90 Å². The molecule has 0 aromatic heterocycles. The lowest BCUT2D eigenvalue weighted by Gasteiger charge is -2.21. The maximum atomic E-state index is 14.4. The molecule has 0 N–H and O–H groups in total. The normalized spacial score (nSPS) is 14.5. The van der Waals surface area contributed by atoms with Gasteiger partial charge in [0.1, 0.15) is 10.7 Å². The van der Waals surface area contributed by atoms with Crippen molar-refractivity contribution in [2.24, 2.45) is 5.41 Å². The summed E-state index contributed by atoms with van der Waals surface area (Å²) >= 11 is 3.24. The fourth-order valence-corrected chi connectivity index (χ4v) is 3.21. The van der Waals surface area contributed by atoms with Gasteiger partial charge in [-0.2, -0.15) is 0 Å². The van der Waals surface area contributed by atoms with Crippen molar-refractivity contribution in [3.05, 3.63) is 63.3 Å². The van der Waals surface area contributed by atoms with Gasteiger partial charge in [-0.3, -0.25) is 0 Å². The molecule has 1 aromatic carbocycles. The SMILES string of the molecule is C=C(/C(F)=C\C(C)=C(/C)C(C)(C)C)S(=O)(=O)c1ccc(Br)cc1. The molecular weight excluding hydrogens is 379 g/mol. The van der Waals surface area contributed by atoms with E-state index in [2.05, 4.69) is 22.5 Å². The average Bonchev–Trinajstić information content (AvgIpc) is 2.44. The van der Waals surface area contributed by atoms with Crippen molar-refractivity contribution >= 4 is 25.8 Å². The summed E-state index contributed by atoms with van der Waals surface area (Å²) in [6.45, 7) is 13.2. The largest absolute Gasteiger partial charge is 0.218 e. The zero-order chi connectivity index (χ0) is 18.0. The topological polar surface area (TPSA) is 34.1 Å².